The van der Waals surface area contributed by atoms with E-state index in [9.17, 15) is 9.59 Å². The average molecular weight is 359 g/mol. The Bertz CT molecular complexity index is 785. The average Bonchev–Trinajstić information content (AvgIpc) is 3.32. The smallest absolute Gasteiger partial charge is 0.289 e. The molecule has 0 saturated carbocycles. The van der Waals surface area contributed by atoms with Crippen molar-refractivity contribution in [2.45, 2.75) is 13.0 Å². The highest BCUT2D eigenvalue weighted by atomic mass is 32.1. The summed E-state index contributed by atoms with van der Waals surface area (Å²) in [6.07, 6.45) is 1.49. The second-order valence-corrected chi connectivity index (χ2v) is 6.83. The molecule has 1 saturated heterocycles. The quantitative estimate of drug-likeness (QED) is 0.836. The molecule has 1 aliphatic heterocycles. The van der Waals surface area contributed by atoms with Crippen molar-refractivity contribution in [2.24, 2.45) is 0 Å². The molecule has 8 heteroatoms. The first-order valence-corrected chi connectivity index (χ1v) is 8.94. The first kappa shape index (κ1) is 17.2. The number of hydrogen-bond donors (Lipinski definition) is 2. The minimum atomic E-state index is -0.255. The Kier molecular flexibility index (Phi) is 5.16. The summed E-state index contributed by atoms with van der Waals surface area (Å²) in [6.45, 7) is 4.41. The van der Waals surface area contributed by atoms with Crippen LogP contribution < -0.4 is 10.2 Å². The van der Waals surface area contributed by atoms with Gasteiger partial charge in [0.1, 0.15) is 11.1 Å². The van der Waals surface area contributed by atoms with Crippen molar-refractivity contribution in [1.82, 2.24) is 4.90 Å². The molecule has 7 nitrogen and oxygen atoms in total. The number of nitrogens with zero attached hydrogens (tertiary/aromatic N) is 2. The van der Waals surface area contributed by atoms with Crippen molar-refractivity contribution in [3.63, 3.8) is 0 Å². The number of rotatable bonds is 4. The van der Waals surface area contributed by atoms with Gasteiger partial charge in [-0.25, -0.2) is 0 Å². The predicted molar refractivity (Wildman–Crippen MR) is 92.4 cm³/mol. The lowest BCUT2D eigenvalue weighted by atomic mass is 10.2. The monoisotopic (exact) mass is 359 g/mol. The largest absolute Gasteiger partial charge is 0.459 e. The third-order valence-corrected chi connectivity index (χ3v) is 5.28. The Morgan fingerprint density at radius 2 is 2.16 bits per heavy atom. The Labute approximate surface area is 149 Å². The van der Waals surface area contributed by atoms with Crippen LogP contribution in [0.15, 0.2) is 34.3 Å². The Morgan fingerprint density at radius 3 is 2.80 bits per heavy atom. The van der Waals surface area contributed by atoms with Crippen LogP contribution in [-0.2, 0) is 4.79 Å². The van der Waals surface area contributed by atoms with Gasteiger partial charge in [-0.15, -0.1) is 11.3 Å². The molecule has 2 N–H and O–H groups in total. The molecule has 3 heterocycles. The summed E-state index contributed by atoms with van der Waals surface area (Å²) in [7, 11) is 0. The normalized spacial score (nSPS) is 16.2. The van der Waals surface area contributed by atoms with Crippen LogP contribution in [-0.4, -0.2) is 48.9 Å². The molecular formula is C17H19N4O3S+. The lowest BCUT2D eigenvalue weighted by molar-refractivity contribution is -0.917. The molecule has 0 aliphatic carbocycles. The number of thiophene rings is 1. The third-order valence-electron chi connectivity index (χ3n) is 4.45. The van der Waals surface area contributed by atoms with E-state index in [2.05, 4.69) is 11.4 Å². The third kappa shape index (κ3) is 3.73. The van der Waals surface area contributed by atoms with Crippen LogP contribution >= 0.6 is 11.3 Å². The van der Waals surface area contributed by atoms with Crippen molar-refractivity contribution in [3.05, 3.63) is 41.2 Å². The molecule has 2 aromatic rings. The van der Waals surface area contributed by atoms with Crippen LogP contribution in [0.5, 0.6) is 0 Å². The van der Waals surface area contributed by atoms with Crippen molar-refractivity contribution in [3.8, 4) is 6.07 Å². The number of quaternary nitrogens is 1. The van der Waals surface area contributed by atoms with Gasteiger partial charge in [0.2, 0.25) is 0 Å². The topological polar surface area (TPSA) is 90.8 Å². The summed E-state index contributed by atoms with van der Waals surface area (Å²) >= 11 is 1.34. The molecule has 130 valence electrons. The van der Waals surface area contributed by atoms with E-state index in [1.165, 1.54) is 17.6 Å². The fourth-order valence-electron chi connectivity index (χ4n) is 2.89. The number of carbonyl (C=O) groups excluding carboxylic acids is 2. The highest BCUT2D eigenvalue weighted by molar-refractivity contribution is 7.14. The second-order valence-electron chi connectivity index (χ2n) is 5.91. The molecule has 25 heavy (non-hydrogen) atoms. The van der Waals surface area contributed by atoms with Gasteiger partial charge < -0.3 is 19.5 Å². The standard InChI is InChI=1S/C17H18N4O3S/c1-12(15(22)19-16-13(11-18)4-10-25-16)20-5-7-21(8-6-20)17(23)14-3-2-9-24-14/h2-4,9-10,12H,5-8H2,1H3,(H,19,22)/p+1/t12-/m1/s1. The number of anilines is 1. The van der Waals surface area contributed by atoms with Gasteiger partial charge in [0, 0.05) is 0 Å². The molecular weight excluding hydrogens is 340 g/mol. The summed E-state index contributed by atoms with van der Waals surface area (Å²) in [4.78, 5) is 27.6. The van der Waals surface area contributed by atoms with Gasteiger partial charge in [-0.05, 0) is 30.5 Å². The van der Waals surface area contributed by atoms with E-state index in [0.29, 0.717) is 42.5 Å². The van der Waals surface area contributed by atoms with E-state index in [1.54, 1.807) is 28.5 Å². The Morgan fingerprint density at radius 1 is 1.40 bits per heavy atom. The maximum atomic E-state index is 12.4. The summed E-state index contributed by atoms with van der Waals surface area (Å²) in [6, 6.07) is 6.86. The predicted octanol–water partition coefficient (Wildman–Crippen LogP) is 0.581. The number of carbonyl (C=O) groups is 2. The molecule has 0 bridgehead atoms. The van der Waals surface area contributed by atoms with Gasteiger partial charge in [0.25, 0.3) is 11.8 Å². The molecule has 1 aliphatic rings. The highest BCUT2D eigenvalue weighted by Gasteiger charge is 2.32. The Balaban J connectivity index is 1.54. The number of furan rings is 1. The van der Waals surface area contributed by atoms with Crippen molar-refractivity contribution < 1.29 is 18.9 Å². The first-order chi connectivity index (χ1) is 12.1. The van der Waals surface area contributed by atoms with Crippen LogP contribution in [0.2, 0.25) is 0 Å². The lowest BCUT2D eigenvalue weighted by Gasteiger charge is -2.34. The van der Waals surface area contributed by atoms with E-state index < -0.39 is 0 Å². The molecule has 0 aromatic carbocycles. The summed E-state index contributed by atoms with van der Waals surface area (Å²) in [5, 5.41) is 14.2. The van der Waals surface area contributed by atoms with Crippen LogP contribution in [0.1, 0.15) is 23.0 Å². The van der Waals surface area contributed by atoms with Gasteiger partial charge >= 0.3 is 0 Å². The highest BCUT2D eigenvalue weighted by Crippen LogP contribution is 2.22. The van der Waals surface area contributed by atoms with Crippen LogP contribution in [0.25, 0.3) is 0 Å². The van der Waals surface area contributed by atoms with E-state index in [0.717, 1.165) is 4.90 Å². The number of nitrogens with one attached hydrogen (secondary N) is 2. The zero-order chi connectivity index (χ0) is 17.8. The fraction of sp³-hybridized carbons (Fsp3) is 0.353. The fourth-order valence-corrected chi connectivity index (χ4v) is 3.63. The van der Waals surface area contributed by atoms with Crippen LogP contribution in [0.4, 0.5) is 5.00 Å². The van der Waals surface area contributed by atoms with Gasteiger partial charge in [-0.3, -0.25) is 9.59 Å². The number of amides is 2. The van der Waals surface area contributed by atoms with Crippen LogP contribution in [0, 0.1) is 11.3 Å². The number of nitriles is 1. The van der Waals surface area contributed by atoms with Crippen molar-refractivity contribution in [2.75, 3.05) is 31.5 Å². The second kappa shape index (κ2) is 7.51. The maximum Gasteiger partial charge on any atom is 0.289 e. The minimum Gasteiger partial charge on any atom is -0.459 e. The van der Waals surface area contributed by atoms with Gasteiger partial charge in [0.15, 0.2) is 11.8 Å². The lowest BCUT2D eigenvalue weighted by Crippen LogP contribution is -3.19. The molecule has 0 spiro atoms. The molecule has 2 amide bonds. The van der Waals surface area contributed by atoms with E-state index in [-0.39, 0.29) is 17.9 Å². The molecule has 1 fully saturated rings. The molecule has 3 rings (SSSR count). The minimum absolute atomic E-state index is 0.111. The molecule has 1 atom stereocenters. The van der Waals surface area contributed by atoms with Gasteiger partial charge in [-0.2, -0.15) is 5.26 Å². The summed E-state index contributed by atoms with van der Waals surface area (Å²) < 4.78 is 5.15. The summed E-state index contributed by atoms with van der Waals surface area (Å²) in [5.74, 6) is 0.120. The SMILES string of the molecule is C[C@H](C(=O)Nc1sccc1C#N)[NH+]1CCN(C(=O)c2ccco2)CC1. The van der Waals surface area contributed by atoms with Crippen LogP contribution in [0.3, 0.4) is 0 Å². The van der Waals surface area contributed by atoms with Crippen molar-refractivity contribution >= 4 is 28.2 Å². The first-order valence-electron chi connectivity index (χ1n) is 8.06. The summed E-state index contributed by atoms with van der Waals surface area (Å²) in [5.41, 5.74) is 0.481. The number of hydrogen-bond acceptors (Lipinski definition) is 5. The van der Waals surface area contributed by atoms with E-state index in [4.69, 9.17) is 9.68 Å². The molecule has 0 radical (unpaired) electrons. The van der Waals surface area contributed by atoms with Gasteiger partial charge in [0.05, 0.1) is 38.0 Å². The van der Waals surface area contributed by atoms with Gasteiger partial charge in [-0.1, -0.05) is 0 Å². The van der Waals surface area contributed by atoms with Crippen molar-refractivity contribution in [1.29, 1.82) is 5.26 Å². The molecule has 2 aromatic heterocycles. The zero-order valence-electron chi connectivity index (χ0n) is 13.8. The van der Waals surface area contributed by atoms with E-state index >= 15 is 0 Å². The Hall–Kier alpha value is -2.63. The molecule has 0 unspecified atom stereocenters. The number of piperazine rings is 1. The zero-order valence-corrected chi connectivity index (χ0v) is 14.6. The maximum absolute atomic E-state index is 12.4. The van der Waals surface area contributed by atoms with E-state index in [1.807, 2.05) is 6.92 Å².